The molecule has 0 atom stereocenters. The van der Waals surface area contributed by atoms with E-state index in [4.69, 9.17) is 5.26 Å². The van der Waals surface area contributed by atoms with Crippen LogP contribution in [0.4, 0.5) is 0 Å². The van der Waals surface area contributed by atoms with Gasteiger partial charge in [-0.2, -0.15) is 5.26 Å². The molecule has 92 valence electrons. The number of nitrogens with zero attached hydrogens (tertiary/aromatic N) is 2. The average Bonchev–Trinajstić information content (AvgIpc) is 2.39. The third-order valence-electron chi connectivity index (χ3n) is 4.81. The summed E-state index contributed by atoms with van der Waals surface area (Å²) in [6, 6.07) is 5.32. The Kier molecular flexibility index (Phi) is 3.36. The Balaban J connectivity index is 0.000000115. The van der Waals surface area contributed by atoms with Crippen LogP contribution in [-0.2, 0) is 0 Å². The second-order valence-electron chi connectivity index (χ2n) is 6.23. The van der Waals surface area contributed by atoms with Crippen LogP contribution in [0.2, 0.25) is 19.0 Å². The minimum absolute atomic E-state index is 0.653. The first-order valence-electron chi connectivity index (χ1n) is 7.13. The van der Waals surface area contributed by atoms with Crippen molar-refractivity contribution in [2.45, 2.75) is 38.2 Å². The lowest BCUT2D eigenvalue weighted by atomic mass is 9.28. The van der Waals surface area contributed by atoms with Gasteiger partial charge in [0, 0.05) is 12.4 Å². The van der Waals surface area contributed by atoms with Gasteiger partial charge in [-0.25, -0.2) is 0 Å². The van der Waals surface area contributed by atoms with Crippen molar-refractivity contribution in [3.05, 3.63) is 30.1 Å². The van der Waals surface area contributed by atoms with Gasteiger partial charge in [-0.3, -0.25) is 4.98 Å². The molecule has 1 saturated carbocycles. The van der Waals surface area contributed by atoms with Crippen LogP contribution in [0.3, 0.4) is 0 Å². The van der Waals surface area contributed by atoms with Crippen molar-refractivity contribution >= 4 is 6.71 Å². The molecule has 0 radical (unpaired) electrons. The third kappa shape index (κ3) is 2.58. The van der Waals surface area contributed by atoms with Crippen molar-refractivity contribution in [2.75, 3.05) is 0 Å². The van der Waals surface area contributed by atoms with E-state index in [9.17, 15) is 0 Å². The Hall–Kier alpha value is -1.30. The Bertz CT molecular complexity index is 381. The van der Waals surface area contributed by atoms with E-state index in [-0.39, 0.29) is 0 Å². The molecule has 0 aromatic carbocycles. The molecular weight excluding hydrogens is 219 g/mol. The maximum Gasteiger partial charge on any atom is 0.140 e. The summed E-state index contributed by atoms with van der Waals surface area (Å²) in [4.78, 5) is 3.74. The van der Waals surface area contributed by atoms with E-state index in [0.29, 0.717) is 5.56 Å². The number of nitriles is 1. The van der Waals surface area contributed by atoms with Crippen LogP contribution in [0, 0.1) is 29.1 Å². The number of rotatable bonds is 0. The summed E-state index contributed by atoms with van der Waals surface area (Å²) in [6.07, 6.45) is 12.8. The SMILES string of the molecule is C1B2CC3CC1CC(C2)C3.N#Cc1ccncc1. The smallest absolute Gasteiger partial charge is 0.140 e. The molecule has 0 unspecified atom stereocenters. The molecule has 5 rings (SSSR count). The zero-order valence-corrected chi connectivity index (χ0v) is 10.8. The molecule has 4 aliphatic rings. The molecule has 18 heavy (non-hydrogen) atoms. The first kappa shape index (κ1) is 11.8. The molecule has 1 aromatic rings. The minimum atomic E-state index is 0.653. The van der Waals surface area contributed by atoms with Crippen molar-refractivity contribution in [1.82, 2.24) is 4.98 Å². The lowest BCUT2D eigenvalue weighted by molar-refractivity contribution is 0.194. The molecule has 3 heteroatoms. The minimum Gasteiger partial charge on any atom is -0.265 e. The topological polar surface area (TPSA) is 36.7 Å². The van der Waals surface area contributed by atoms with Gasteiger partial charge in [0.2, 0.25) is 0 Å². The lowest BCUT2D eigenvalue weighted by Gasteiger charge is -2.48. The summed E-state index contributed by atoms with van der Waals surface area (Å²) in [6.45, 7) is 1.18. The monoisotopic (exact) mass is 238 g/mol. The summed E-state index contributed by atoms with van der Waals surface area (Å²) in [5.74, 6) is 3.53. The summed E-state index contributed by atoms with van der Waals surface area (Å²) in [5, 5.41) is 8.26. The zero-order valence-electron chi connectivity index (χ0n) is 10.8. The maximum atomic E-state index is 8.26. The van der Waals surface area contributed by atoms with Gasteiger partial charge in [0.05, 0.1) is 11.6 Å². The number of pyridine rings is 1. The molecular formula is C15H19BN2. The van der Waals surface area contributed by atoms with Crippen molar-refractivity contribution in [1.29, 1.82) is 5.26 Å². The normalized spacial score (nSPS) is 31.5. The van der Waals surface area contributed by atoms with E-state index in [0.717, 1.165) is 0 Å². The van der Waals surface area contributed by atoms with Crippen LogP contribution in [-0.4, -0.2) is 11.7 Å². The van der Waals surface area contributed by atoms with E-state index in [1.807, 2.05) is 6.07 Å². The molecule has 3 saturated heterocycles. The predicted molar refractivity (Wildman–Crippen MR) is 73.4 cm³/mol. The van der Waals surface area contributed by atoms with Gasteiger partial charge in [-0.15, -0.1) is 0 Å². The van der Waals surface area contributed by atoms with E-state index in [1.165, 1.54) is 24.5 Å². The summed E-state index contributed by atoms with van der Waals surface area (Å²) < 4.78 is 0. The largest absolute Gasteiger partial charge is 0.265 e. The Labute approximate surface area is 110 Å². The third-order valence-corrected chi connectivity index (χ3v) is 4.81. The van der Waals surface area contributed by atoms with Crippen LogP contribution < -0.4 is 0 Å². The molecule has 4 heterocycles. The molecule has 0 spiro atoms. The average molecular weight is 238 g/mol. The van der Waals surface area contributed by atoms with Crippen LogP contribution in [0.25, 0.3) is 0 Å². The van der Waals surface area contributed by atoms with Gasteiger partial charge in [0.25, 0.3) is 0 Å². The fourth-order valence-electron chi connectivity index (χ4n) is 4.41. The van der Waals surface area contributed by atoms with Gasteiger partial charge in [-0.1, -0.05) is 19.0 Å². The van der Waals surface area contributed by atoms with Crippen LogP contribution in [0.15, 0.2) is 24.5 Å². The summed E-state index contributed by atoms with van der Waals surface area (Å²) >= 11 is 0. The van der Waals surface area contributed by atoms with Crippen molar-refractivity contribution in [2.24, 2.45) is 17.8 Å². The molecule has 1 aliphatic carbocycles. The molecule has 0 amide bonds. The van der Waals surface area contributed by atoms with Crippen LogP contribution in [0.1, 0.15) is 24.8 Å². The Morgan fingerprint density at radius 3 is 1.83 bits per heavy atom. The van der Waals surface area contributed by atoms with Gasteiger partial charge >= 0.3 is 0 Å². The number of hydrogen-bond donors (Lipinski definition) is 0. The highest BCUT2D eigenvalue weighted by molar-refractivity contribution is 6.59. The first-order chi connectivity index (χ1) is 8.83. The van der Waals surface area contributed by atoms with Crippen molar-refractivity contribution < 1.29 is 0 Å². The van der Waals surface area contributed by atoms with Crippen molar-refractivity contribution in [3.63, 3.8) is 0 Å². The highest BCUT2D eigenvalue weighted by Crippen LogP contribution is 2.51. The standard InChI is InChI=1S/C9H15B.C6H4N2/c1-7-2-9-3-8(1)5-10(4-7)6-9;7-5-6-1-3-8-4-2-6/h7-9H,1-6H2;1-4H. The van der Waals surface area contributed by atoms with Crippen LogP contribution in [0.5, 0.6) is 0 Å². The second-order valence-corrected chi connectivity index (χ2v) is 6.23. The van der Waals surface area contributed by atoms with Gasteiger partial charge in [0.1, 0.15) is 6.71 Å². The number of hydrogen-bond acceptors (Lipinski definition) is 2. The van der Waals surface area contributed by atoms with Gasteiger partial charge < -0.3 is 0 Å². The van der Waals surface area contributed by atoms with E-state index in [1.54, 1.807) is 62.7 Å². The summed E-state index contributed by atoms with van der Waals surface area (Å²) in [5.41, 5.74) is 0.653. The zero-order chi connectivity index (χ0) is 12.4. The van der Waals surface area contributed by atoms with E-state index < -0.39 is 0 Å². The van der Waals surface area contributed by atoms with Crippen LogP contribution >= 0.6 is 0 Å². The molecule has 3 aliphatic heterocycles. The van der Waals surface area contributed by atoms with Crippen molar-refractivity contribution in [3.8, 4) is 6.07 Å². The van der Waals surface area contributed by atoms with E-state index >= 15 is 0 Å². The molecule has 0 N–H and O–H groups in total. The Morgan fingerprint density at radius 2 is 1.50 bits per heavy atom. The Morgan fingerprint density at radius 1 is 1.00 bits per heavy atom. The fraction of sp³-hybridized carbons (Fsp3) is 0.600. The first-order valence-corrected chi connectivity index (χ1v) is 7.13. The second kappa shape index (κ2) is 5.14. The van der Waals surface area contributed by atoms with Gasteiger partial charge in [0.15, 0.2) is 0 Å². The highest BCUT2D eigenvalue weighted by atomic mass is 14.6. The predicted octanol–water partition coefficient (Wildman–Crippen LogP) is 3.49. The van der Waals surface area contributed by atoms with Gasteiger partial charge in [-0.05, 0) is 49.1 Å². The molecule has 4 bridgehead atoms. The lowest BCUT2D eigenvalue weighted by Crippen LogP contribution is -2.42. The molecule has 1 aromatic heterocycles. The summed E-state index contributed by atoms with van der Waals surface area (Å²) in [7, 11) is 0. The quantitative estimate of drug-likeness (QED) is 0.648. The number of aromatic nitrogens is 1. The van der Waals surface area contributed by atoms with E-state index in [2.05, 4.69) is 4.98 Å². The molecule has 4 fully saturated rings. The maximum absolute atomic E-state index is 8.26. The fourth-order valence-corrected chi connectivity index (χ4v) is 4.41. The highest BCUT2D eigenvalue weighted by Gasteiger charge is 2.43. The molecule has 2 nitrogen and oxygen atoms in total.